The summed E-state index contributed by atoms with van der Waals surface area (Å²) in [7, 11) is 0. The van der Waals surface area contributed by atoms with E-state index in [4.69, 9.17) is 29.1 Å². The van der Waals surface area contributed by atoms with E-state index in [1.165, 1.54) is 12.3 Å². The molecule has 0 fully saturated rings. The van der Waals surface area contributed by atoms with Crippen molar-refractivity contribution in [3.05, 3.63) is 70.6 Å². The molecule has 0 radical (unpaired) electrons. The Morgan fingerprint density at radius 1 is 1.00 bits per heavy atom. The van der Waals surface area contributed by atoms with E-state index >= 15 is 0 Å². The SMILES string of the molecule is Cc1cc(Nc2cc(C#N)[nH]n2)nc(Nc2ccc(NC(=S)Nc3ccc(Cl)c(C(F)(F)F)c3)nc2)n1. The number of aromatic nitrogens is 5. The molecule has 4 aromatic rings. The van der Waals surface area contributed by atoms with Gasteiger partial charge in [-0.3, -0.25) is 5.10 Å². The Morgan fingerprint density at radius 3 is 2.46 bits per heavy atom. The molecule has 3 aromatic heterocycles. The average molecular weight is 545 g/mol. The van der Waals surface area contributed by atoms with Gasteiger partial charge in [-0.05, 0) is 49.5 Å². The van der Waals surface area contributed by atoms with Crippen molar-refractivity contribution in [1.29, 1.82) is 5.26 Å². The summed E-state index contributed by atoms with van der Waals surface area (Å²) < 4.78 is 39.2. The van der Waals surface area contributed by atoms with Crippen molar-refractivity contribution >= 4 is 63.7 Å². The molecule has 1 aromatic carbocycles. The van der Waals surface area contributed by atoms with Gasteiger partial charge in [0.15, 0.2) is 10.9 Å². The first-order valence-corrected chi connectivity index (χ1v) is 11.1. The van der Waals surface area contributed by atoms with E-state index in [2.05, 4.69) is 46.4 Å². The van der Waals surface area contributed by atoms with Gasteiger partial charge in [0.25, 0.3) is 0 Å². The van der Waals surface area contributed by atoms with Crippen molar-refractivity contribution < 1.29 is 13.2 Å². The van der Waals surface area contributed by atoms with Gasteiger partial charge in [0.1, 0.15) is 23.4 Å². The Bertz CT molecular complexity index is 1480. The van der Waals surface area contributed by atoms with Crippen LogP contribution in [0.1, 0.15) is 17.0 Å². The maximum Gasteiger partial charge on any atom is 0.417 e. The highest BCUT2D eigenvalue weighted by Gasteiger charge is 2.33. The number of hydrogen-bond acceptors (Lipinski definition) is 8. The Kier molecular flexibility index (Phi) is 7.37. The third kappa shape index (κ3) is 6.81. The van der Waals surface area contributed by atoms with E-state index in [-0.39, 0.29) is 10.8 Å². The number of nitrogens with one attached hydrogen (secondary N) is 5. The van der Waals surface area contributed by atoms with Crippen LogP contribution in [-0.2, 0) is 6.18 Å². The van der Waals surface area contributed by atoms with Crippen LogP contribution < -0.4 is 21.3 Å². The molecule has 0 aliphatic rings. The number of benzene rings is 1. The lowest BCUT2D eigenvalue weighted by Crippen LogP contribution is -2.20. The van der Waals surface area contributed by atoms with E-state index < -0.39 is 16.8 Å². The summed E-state index contributed by atoms with van der Waals surface area (Å²) in [5, 5.41) is 26.6. The third-order valence-corrected chi connectivity index (χ3v) is 5.13. The predicted octanol–water partition coefficient (Wildman–Crippen LogP) is 5.74. The first-order chi connectivity index (χ1) is 17.6. The number of thiocarbonyl (C=S) groups is 1. The number of rotatable bonds is 6. The minimum absolute atomic E-state index is 0.0410. The third-order valence-electron chi connectivity index (χ3n) is 4.60. The number of hydrogen-bond donors (Lipinski definition) is 5. The van der Waals surface area contributed by atoms with Crippen LogP contribution in [0.25, 0.3) is 0 Å². The molecule has 37 heavy (non-hydrogen) atoms. The Morgan fingerprint density at radius 2 is 1.78 bits per heavy atom. The van der Waals surface area contributed by atoms with Crippen molar-refractivity contribution in [2.45, 2.75) is 13.1 Å². The minimum atomic E-state index is -4.59. The molecule has 0 aliphatic heterocycles. The number of H-pyrrole nitrogens is 1. The molecule has 0 saturated carbocycles. The zero-order valence-corrected chi connectivity index (χ0v) is 20.3. The molecule has 3 heterocycles. The van der Waals surface area contributed by atoms with Crippen molar-refractivity contribution in [1.82, 2.24) is 25.1 Å². The van der Waals surface area contributed by atoms with Crippen LogP contribution in [0.5, 0.6) is 0 Å². The van der Waals surface area contributed by atoms with Crippen molar-refractivity contribution in [2.24, 2.45) is 0 Å². The van der Waals surface area contributed by atoms with Crippen LogP contribution in [0.3, 0.4) is 0 Å². The molecule has 188 valence electrons. The number of pyridine rings is 1. The molecular formula is C22H16ClF3N10S. The van der Waals surface area contributed by atoms with Crippen LogP contribution in [0.4, 0.5) is 47.9 Å². The second-order valence-corrected chi connectivity index (χ2v) is 8.27. The van der Waals surface area contributed by atoms with E-state index in [0.717, 1.165) is 12.1 Å². The van der Waals surface area contributed by atoms with Crippen molar-refractivity contribution in [2.75, 3.05) is 21.3 Å². The lowest BCUT2D eigenvalue weighted by Gasteiger charge is -2.14. The fraction of sp³-hybridized carbons (Fsp3) is 0.0909. The topological polar surface area (TPSA) is 139 Å². The summed E-state index contributed by atoms with van der Waals surface area (Å²) in [5.41, 5.74) is 0.700. The monoisotopic (exact) mass is 544 g/mol. The summed E-state index contributed by atoms with van der Waals surface area (Å²) in [6.07, 6.45) is -3.09. The lowest BCUT2D eigenvalue weighted by atomic mass is 10.2. The highest BCUT2D eigenvalue weighted by molar-refractivity contribution is 7.80. The van der Waals surface area contributed by atoms with Gasteiger partial charge in [0.05, 0.1) is 22.5 Å². The van der Waals surface area contributed by atoms with Gasteiger partial charge in [0.2, 0.25) is 5.95 Å². The first-order valence-electron chi connectivity index (χ1n) is 10.3. The van der Waals surface area contributed by atoms with Gasteiger partial charge in [-0.1, -0.05) is 11.6 Å². The number of aromatic amines is 1. The summed E-state index contributed by atoms with van der Waals surface area (Å²) in [6, 6.07) is 11.9. The Labute approximate surface area is 218 Å². The van der Waals surface area contributed by atoms with Crippen LogP contribution in [0.2, 0.25) is 5.02 Å². The molecule has 4 rings (SSSR count). The normalized spacial score (nSPS) is 10.9. The molecule has 15 heteroatoms. The highest BCUT2D eigenvalue weighted by atomic mass is 35.5. The lowest BCUT2D eigenvalue weighted by molar-refractivity contribution is -0.137. The molecule has 0 amide bonds. The molecule has 10 nitrogen and oxygen atoms in total. The molecule has 0 spiro atoms. The molecule has 0 unspecified atom stereocenters. The van der Waals surface area contributed by atoms with Gasteiger partial charge >= 0.3 is 6.18 Å². The maximum atomic E-state index is 13.1. The summed E-state index contributed by atoms with van der Waals surface area (Å²) in [6.45, 7) is 1.79. The van der Waals surface area contributed by atoms with Gasteiger partial charge < -0.3 is 21.3 Å². The second kappa shape index (κ2) is 10.6. The molecule has 0 atom stereocenters. The standard InChI is InChI=1S/C22H16ClF3N10S/c1-11-6-18(32-19-8-14(9-27)35-36-19)33-20(29-11)30-13-3-5-17(28-10-13)34-21(37)31-12-2-4-16(23)15(7-12)22(24,25)26/h2-8,10H,1H3,(H2,28,31,34,37)(H3,29,30,32,33,35,36). The predicted molar refractivity (Wildman–Crippen MR) is 137 cm³/mol. The van der Waals surface area contributed by atoms with Crippen LogP contribution >= 0.6 is 23.8 Å². The average Bonchev–Trinajstić information content (AvgIpc) is 3.28. The van der Waals surface area contributed by atoms with E-state index in [1.807, 2.05) is 6.07 Å². The van der Waals surface area contributed by atoms with Gasteiger partial charge in [-0.15, -0.1) is 0 Å². The Balaban J connectivity index is 1.38. The highest BCUT2D eigenvalue weighted by Crippen LogP contribution is 2.36. The molecule has 0 aliphatic carbocycles. The maximum absolute atomic E-state index is 13.1. The minimum Gasteiger partial charge on any atom is -0.332 e. The largest absolute Gasteiger partial charge is 0.417 e. The number of aryl methyl sites for hydroxylation is 1. The smallest absolute Gasteiger partial charge is 0.332 e. The molecule has 0 saturated heterocycles. The summed E-state index contributed by atoms with van der Waals surface area (Å²) in [4.78, 5) is 12.9. The second-order valence-electron chi connectivity index (χ2n) is 7.45. The van der Waals surface area contributed by atoms with E-state index in [9.17, 15) is 13.2 Å². The first kappa shape index (κ1) is 25.6. The Hall–Kier alpha value is -4.48. The summed E-state index contributed by atoms with van der Waals surface area (Å²) in [5.74, 6) is 1.54. The fourth-order valence-corrected chi connectivity index (χ4v) is 3.48. The van der Waals surface area contributed by atoms with Crippen LogP contribution in [0, 0.1) is 18.3 Å². The number of halogens is 4. The molecular weight excluding hydrogens is 529 g/mol. The van der Waals surface area contributed by atoms with E-state index in [0.29, 0.717) is 40.5 Å². The van der Waals surface area contributed by atoms with Crippen LogP contribution in [-0.4, -0.2) is 30.3 Å². The molecule has 0 bridgehead atoms. The zero-order chi connectivity index (χ0) is 26.6. The number of alkyl halides is 3. The van der Waals surface area contributed by atoms with Crippen LogP contribution in [0.15, 0.2) is 48.7 Å². The van der Waals surface area contributed by atoms with Gasteiger partial charge in [0, 0.05) is 23.5 Å². The number of anilines is 6. The van der Waals surface area contributed by atoms with E-state index in [1.54, 1.807) is 31.2 Å². The van der Waals surface area contributed by atoms with Gasteiger partial charge in [-0.2, -0.15) is 28.5 Å². The quantitative estimate of drug-likeness (QED) is 0.191. The fourth-order valence-electron chi connectivity index (χ4n) is 3.03. The molecule has 5 N–H and O–H groups in total. The summed E-state index contributed by atoms with van der Waals surface area (Å²) >= 11 is 10.8. The number of nitrogens with zero attached hydrogens (tertiary/aromatic N) is 5. The zero-order valence-electron chi connectivity index (χ0n) is 18.8. The number of nitriles is 1. The van der Waals surface area contributed by atoms with Crippen molar-refractivity contribution in [3.63, 3.8) is 0 Å². The van der Waals surface area contributed by atoms with Crippen molar-refractivity contribution in [3.8, 4) is 6.07 Å². The van der Waals surface area contributed by atoms with Gasteiger partial charge in [-0.25, -0.2) is 9.97 Å².